The van der Waals surface area contributed by atoms with Gasteiger partial charge in [-0.1, -0.05) is 58.7 Å². The molecule has 0 radical (unpaired) electrons. The van der Waals surface area contributed by atoms with Gasteiger partial charge in [0.25, 0.3) is 0 Å². The van der Waals surface area contributed by atoms with Crippen LogP contribution in [0, 0.1) is 0 Å². The first kappa shape index (κ1) is 16.3. The van der Waals surface area contributed by atoms with Gasteiger partial charge in [0.15, 0.2) is 0 Å². The summed E-state index contributed by atoms with van der Waals surface area (Å²) in [5.74, 6) is 0. The Kier molecular flexibility index (Phi) is 6.09. The summed E-state index contributed by atoms with van der Waals surface area (Å²) >= 11 is 9.96. The molecule has 0 aliphatic carbocycles. The van der Waals surface area contributed by atoms with E-state index in [1.165, 1.54) is 5.56 Å². The third kappa shape index (κ3) is 4.47. The zero-order valence-electron chi connectivity index (χ0n) is 12.4. The fourth-order valence-electron chi connectivity index (χ4n) is 2.15. The van der Waals surface area contributed by atoms with E-state index in [2.05, 4.69) is 70.4 Å². The summed E-state index contributed by atoms with van der Waals surface area (Å²) in [5.41, 5.74) is 3.51. The third-order valence-corrected chi connectivity index (χ3v) is 4.53. The van der Waals surface area contributed by atoms with Gasteiger partial charge in [0.1, 0.15) is 0 Å². The SMILES string of the molecule is CCNCc1ccc(N(C)Cc2ccccc2Br)cc1Cl. The second-order valence-corrected chi connectivity index (χ2v) is 6.27. The standard InChI is InChI=1S/C17H20BrClN2/c1-3-20-11-13-8-9-15(10-17(13)19)21(2)12-14-6-4-5-7-16(14)18/h4-10,20H,3,11-12H2,1-2H3. The normalized spacial score (nSPS) is 10.7. The lowest BCUT2D eigenvalue weighted by molar-refractivity contribution is 0.727. The van der Waals surface area contributed by atoms with Gasteiger partial charge >= 0.3 is 0 Å². The number of hydrogen-bond donors (Lipinski definition) is 1. The minimum atomic E-state index is 0.809. The molecule has 0 aliphatic rings. The van der Waals surface area contributed by atoms with Crippen LogP contribution in [0.4, 0.5) is 5.69 Å². The van der Waals surface area contributed by atoms with E-state index in [-0.39, 0.29) is 0 Å². The number of benzene rings is 2. The number of hydrogen-bond acceptors (Lipinski definition) is 2. The molecule has 0 heterocycles. The first-order valence-electron chi connectivity index (χ1n) is 7.05. The van der Waals surface area contributed by atoms with Gasteiger partial charge in [0.05, 0.1) is 0 Å². The van der Waals surface area contributed by atoms with Gasteiger partial charge in [0, 0.05) is 35.3 Å². The second-order valence-electron chi connectivity index (χ2n) is 5.00. The van der Waals surface area contributed by atoms with Crippen LogP contribution < -0.4 is 10.2 Å². The van der Waals surface area contributed by atoms with Crippen LogP contribution in [0.15, 0.2) is 46.9 Å². The van der Waals surface area contributed by atoms with Crippen LogP contribution in [-0.2, 0) is 13.1 Å². The first-order valence-corrected chi connectivity index (χ1v) is 8.22. The highest BCUT2D eigenvalue weighted by atomic mass is 79.9. The van der Waals surface area contributed by atoms with Gasteiger partial charge in [-0.3, -0.25) is 0 Å². The predicted molar refractivity (Wildman–Crippen MR) is 95.1 cm³/mol. The molecule has 4 heteroatoms. The number of halogens is 2. The van der Waals surface area contributed by atoms with Crippen LogP contribution in [0.3, 0.4) is 0 Å². The van der Waals surface area contributed by atoms with Gasteiger partial charge < -0.3 is 10.2 Å². The lowest BCUT2D eigenvalue weighted by Crippen LogP contribution is -2.17. The van der Waals surface area contributed by atoms with Gasteiger partial charge in [-0.05, 0) is 35.9 Å². The highest BCUT2D eigenvalue weighted by Gasteiger charge is 2.07. The van der Waals surface area contributed by atoms with Gasteiger partial charge in [-0.25, -0.2) is 0 Å². The van der Waals surface area contributed by atoms with Crippen molar-refractivity contribution in [1.29, 1.82) is 0 Å². The van der Waals surface area contributed by atoms with Crippen molar-refractivity contribution in [2.75, 3.05) is 18.5 Å². The summed E-state index contributed by atoms with van der Waals surface area (Å²) in [7, 11) is 2.08. The molecule has 0 unspecified atom stereocenters. The van der Waals surface area contributed by atoms with Crippen LogP contribution >= 0.6 is 27.5 Å². The van der Waals surface area contributed by atoms with Crippen molar-refractivity contribution >= 4 is 33.2 Å². The average Bonchev–Trinajstić information content (AvgIpc) is 2.48. The quantitative estimate of drug-likeness (QED) is 0.785. The molecule has 0 bridgehead atoms. The van der Waals surface area contributed by atoms with E-state index in [0.29, 0.717) is 0 Å². The summed E-state index contributed by atoms with van der Waals surface area (Å²) in [4.78, 5) is 2.20. The fourth-order valence-corrected chi connectivity index (χ4v) is 2.80. The number of nitrogens with one attached hydrogen (secondary N) is 1. The molecule has 2 aromatic carbocycles. The fraction of sp³-hybridized carbons (Fsp3) is 0.294. The minimum absolute atomic E-state index is 0.809. The Morgan fingerprint density at radius 2 is 1.90 bits per heavy atom. The largest absolute Gasteiger partial charge is 0.370 e. The lowest BCUT2D eigenvalue weighted by Gasteiger charge is -2.21. The van der Waals surface area contributed by atoms with Crippen molar-refractivity contribution in [3.8, 4) is 0 Å². The Labute approximate surface area is 140 Å². The molecule has 0 fully saturated rings. The zero-order chi connectivity index (χ0) is 15.2. The van der Waals surface area contributed by atoms with Crippen molar-refractivity contribution in [3.63, 3.8) is 0 Å². The van der Waals surface area contributed by atoms with E-state index in [9.17, 15) is 0 Å². The van der Waals surface area contributed by atoms with Crippen molar-refractivity contribution in [2.45, 2.75) is 20.0 Å². The van der Waals surface area contributed by atoms with Crippen molar-refractivity contribution < 1.29 is 0 Å². The van der Waals surface area contributed by atoms with Crippen LogP contribution in [-0.4, -0.2) is 13.6 Å². The molecule has 0 saturated carbocycles. The van der Waals surface area contributed by atoms with Crippen LogP contribution in [0.1, 0.15) is 18.1 Å². The molecule has 0 saturated heterocycles. The Balaban J connectivity index is 2.11. The number of nitrogens with zero attached hydrogens (tertiary/aromatic N) is 1. The van der Waals surface area contributed by atoms with E-state index < -0.39 is 0 Å². The molecule has 2 aromatic rings. The summed E-state index contributed by atoms with van der Waals surface area (Å²) < 4.78 is 1.13. The zero-order valence-corrected chi connectivity index (χ0v) is 14.7. The topological polar surface area (TPSA) is 15.3 Å². The maximum Gasteiger partial charge on any atom is 0.0471 e. The van der Waals surface area contributed by atoms with Crippen molar-refractivity contribution in [1.82, 2.24) is 5.32 Å². The van der Waals surface area contributed by atoms with Crippen LogP contribution in [0.2, 0.25) is 5.02 Å². The van der Waals surface area contributed by atoms with Crippen LogP contribution in [0.5, 0.6) is 0 Å². The number of anilines is 1. The van der Waals surface area contributed by atoms with E-state index in [1.54, 1.807) is 0 Å². The molecule has 0 amide bonds. The smallest absolute Gasteiger partial charge is 0.0471 e. The number of rotatable bonds is 6. The lowest BCUT2D eigenvalue weighted by atomic mass is 10.1. The summed E-state index contributed by atoms with van der Waals surface area (Å²) in [6, 6.07) is 14.5. The summed E-state index contributed by atoms with van der Waals surface area (Å²) in [6.45, 7) is 4.68. The molecule has 0 aromatic heterocycles. The average molecular weight is 368 g/mol. The van der Waals surface area contributed by atoms with Crippen LogP contribution in [0.25, 0.3) is 0 Å². The first-order chi connectivity index (χ1) is 10.1. The molecule has 112 valence electrons. The van der Waals surface area contributed by atoms with E-state index in [0.717, 1.165) is 40.4 Å². The van der Waals surface area contributed by atoms with Gasteiger partial charge in [-0.2, -0.15) is 0 Å². The predicted octanol–water partition coefficient (Wildman–Crippen LogP) is 4.85. The molecule has 2 nitrogen and oxygen atoms in total. The van der Waals surface area contributed by atoms with E-state index in [4.69, 9.17) is 11.6 Å². The molecule has 1 N–H and O–H groups in total. The molecular formula is C17H20BrClN2. The van der Waals surface area contributed by atoms with Gasteiger partial charge in [0.2, 0.25) is 0 Å². The Morgan fingerprint density at radius 3 is 2.57 bits per heavy atom. The Bertz CT molecular complexity index is 601. The van der Waals surface area contributed by atoms with E-state index in [1.807, 2.05) is 12.1 Å². The molecule has 0 spiro atoms. The van der Waals surface area contributed by atoms with Crippen molar-refractivity contribution in [3.05, 3.63) is 63.1 Å². The third-order valence-electron chi connectivity index (χ3n) is 3.41. The van der Waals surface area contributed by atoms with E-state index >= 15 is 0 Å². The second kappa shape index (κ2) is 7.83. The maximum atomic E-state index is 6.37. The molecule has 2 rings (SSSR count). The highest BCUT2D eigenvalue weighted by Crippen LogP contribution is 2.25. The van der Waals surface area contributed by atoms with Crippen molar-refractivity contribution in [2.24, 2.45) is 0 Å². The Morgan fingerprint density at radius 1 is 1.14 bits per heavy atom. The monoisotopic (exact) mass is 366 g/mol. The summed E-state index contributed by atoms with van der Waals surface area (Å²) in [5, 5.41) is 4.11. The molecule has 0 aliphatic heterocycles. The molecule has 0 atom stereocenters. The minimum Gasteiger partial charge on any atom is -0.370 e. The Hall–Kier alpha value is -1.03. The van der Waals surface area contributed by atoms with Gasteiger partial charge in [-0.15, -0.1) is 0 Å². The highest BCUT2D eigenvalue weighted by molar-refractivity contribution is 9.10. The summed E-state index contributed by atoms with van der Waals surface area (Å²) in [6.07, 6.45) is 0. The molecule has 21 heavy (non-hydrogen) atoms. The molecular weight excluding hydrogens is 348 g/mol. The maximum absolute atomic E-state index is 6.37.